The maximum absolute atomic E-state index is 12.9. The Hall–Kier alpha value is -1.72. The third kappa shape index (κ3) is 3.43. The van der Waals surface area contributed by atoms with E-state index in [-0.39, 0.29) is 10.6 Å². The maximum Gasteiger partial charge on any atom is 0.257 e. The van der Waals surface area contributed by atoms with E-state index in [0.717, 1.165) is 12.1 Å². The van der Waals surface area contributed by atoms with E-state index in [2.05, 4.69) is 5.32 Å². The van der Waals surface area contributed by atoms with Crippen LogP contribution < -0.4 is 5.32 Å². The molecular formula is C14H11ClFNO2S. The molecule has 0 bridgehead atoms. The second-order valence-corrected chi connectivity index (χ2v) is 5.85. The molecule has 0 fully saturated rings. The van der Waals surface area contributed by atoms with E-state index in [9.17, 15) is 13.4 Å². The number of hydrogen-bond donors (Lipinski definition) is 1. The SMILES string of the molecule is C[S@@](=O)c1cccc(NC(=O)c2ccc(F)cc2Cl)c1. The van der Waals surface area contributed by atoms with Crippen LogP contribution in [0.5, 0.6) is 0 Å². The minimum atomic E-state index is -1.13. The van der Waals surface area contributed by atoms with Gasteiger partial charge in [0.2, 0.25) is 0 Å². The fourth-order valence-electron chi connectivity index (χ4n) is 1.62. The minimum absolute atomic E-state index is 0.0396. The summed E-state index contributed by atoms with van der Waals surface area (Å²) in [5.41, 5.74) is 0.680. The molecule has 3 nitrogen and oxygen atoms in total. The molecule has 0 heterocycles. The van der Waals surface area contributed by atoms with Crippen LogP contribution in [0.1, 0.15) is 10.4 Å². The van der Waals surface area contributed by atoms with E-state index < -0.39 is 22.5 Å². The van der Waals surface area contributed by atoms with Crippen LogP contribution in [0, 0.1) is 5.82 Å². The van der Waals surface area contributed by atoms with Gasteiger partial charge in [0.1, 0.15) is 5.82 Å². The van der Waals surface area contributed by atoms with Crippen LogP contribution in [0.25, 0.3) is 0 Å². The van der Waals surface area contributed by atoms with Gasteiger partial charge in [-0.25, -0.2) is 4.39 Å². The zero-order valence-corrected chi connectivity index (χ0v) is 12.1. The first-order chi connectivity index (χ1) is 9.47. The Morgan fingerprint density at radius 2 is 2.00 bits per heavy atom. The molecule has 6 heteroatoms. The van der Waals surface area contributed by atoms with Gasteiger partial charge in [-0.05, 0) is 36.4 Å². The first-order valence-corrected chi connectivity index (χ1v) is 7.61. The molecule has 0 aliphatic heterocycles. The number of amides is 1. The van der Waals surface area contributed by atoms with Gasteiger partial charge in [-0.15, -0.1) is 0 Å². The molecule has 2 rings (SSSR count). The Morgan fingerprint density at radius 1 is 1.25 bits per heavy atom. The third-order valence-corrected chi connectivity index (χ3v) is 3.83. The number of carbonyl (C=O) groups excluding carboxylic acids is 1. The van der Waals surface area contributed by atoms with Gasteiger partial charge in [0.15, 0.2) is 0 Å². The largest absolute Gasteiger partial charge is 0.322 e. The maximum atomic E-state index is 12.9. The predicted octanol–water partition coefficient (Wildman–Crippen LogP) is 3.47. The number of carbonyl (C=O) groups is 1. The molecule has 1 N–H and O–H groups in total. The summed E-state index contributed by atoms with van der Waals surface area (Å²) in [6.45, 7) is 0. The van der Waals surface area contributed by atoms with E-state index in [0.29, 0.717) is 10.6 Å². The lowest BCUT2D eigenvalue weighted by Gasteiger charge is -2.08. The van der Waals surface area contributed by atoms with Crippen LogP contribution in [-0.2, 0) is 10.8 Å². The van der Waals surface area contributed by atoms with Crippen molar-refractivity contribution in [2.45, 2.75) is 4.90 Å². The average Bonchev–Trinajstić information content (AvgIpc) is 2.38. The molecule has 0 aliphatic rings. The molecular weight excluding hydrogens is 301 g/mol. The summed E-state index contributed by atoms with van der Waals surface area (Å²) < 4.78 is 24.3. The zero-order valence-electron chi connectivity index (χ0n) is 10.5. The second-order valence-electron chi connectivity index (χ2n) is 4.06. The van der Waals surface area contributed by atoms with Crippen molar-refractivity contribution < 1.29 is 13.4 Å². The van der Waals surface area contributed by atoms with Crippen molar-refractivity contribution in [3.8, 4) is 0 Å². The summed E-state index contributed by atoms with van der Waals surface area (Å²) in [5, 5.41) is 2.67. The van der Waals surface area contributed by atoms with Gasteiger partial charge >= 0.3 is 0 Å². The molecule has 0 saturated carbocycles. The number of hydrogen-bond acceptors (Lipinski definition) is 2. The molecule has 0 aromatic heterocycles. The van der Waals surface area contributed by atoms with Crippen LogP contribution in [0.15, 0.2) is 47.4 Å². The Kier molecular flexibility index (Phi) is 4.52. The van der Waals surface area contributed by atoms with Crippen LogP contribution >= 0.6 is 11.6 Å². The fraction of sp³-hybridized carbons (Fsp3) is 0.0714. The summed E-state index contributed by atoms with van der Waals surface area (Å²) in [6.07, 6.45) is 1.55. The van der Waals surface area contributed by atoms with Gasteiger partial charge < -0.3 is 5.32 Å². The molecule has 104 valence electrons. The minimum Gasteiger partial charge on any atom is -0.322 e. The second kappa shape index (κ2) is 6.15. The normalized spacial score (nSPS) is 11.9. The van der Waals surface area contributed by atoms with Gasteiger partial charge in [0, 0.05) is 27.6 Å². The Bertz CT molecular complexity index is 691. The molecule has 0 saturated heterocycles. The van der Waals surface area contributed by atoms with Crippen molar-refractivity contribution in [3.63, 3.8) is 0 Å². The number of anilines is 1. The lowest BCUT2D eigenvalue weighted by Crippen LogP contribution is -2.12. The molecule has 2 aromatic rings. The van der Waals surface area contributed by atoms with Crippen molar-refractivity contribution in [2.75, 3.05) is 11.6 Å². The van der Waals surface area contributed by atoms with Gasteiger partial charge in [-0.2, -0.15) is 0 Å². The molecule has 1 amide bonds. The molecule has 0 spiro atoms. The van der Waals surface area contributed by atoms with Crippen LogP contribution in [-0.4, -0.2) is 16.4 Å². The van der Waals surface area contributed by atoms with E-state index in [4.69, 9.17) is 11.6 Å². The first-order valence-electron chi connectivity index (χ1n) is 5.67. The van der Waals surface area contributed by atoms with Gasteiger partial charge in [0.05, 0.1) is 10.6 Å². The topological polar surface area (TPSA) is 46.2 Å². The number of nitrogens with one attached hydrogen (secondary N) is 1. The summed E-state index contributed by atoms with van der Waals surface area (Å²) >= 11 is 5.82. The van der Waals surface area contributed by atoms with E-state index in [1.54, 1.807) is 30.5 Å². The summed E-state index contributed by atoms with van der Waals surface area (Å²) in [6, 6.07) is 10.2. The Balaban J connectivity index is 2.23. The molecule has 1 atom stereocenters. The first kappa shape index (κ1) is 14.7. The van der Waals surface area contributed by atoms with Gasteiger partial charge in [0.25, 0.3) is 5.91 Å². The van der Waals surface area contributed by atoms with E-state index >= 15 is 0 Å². The van der Waals surface area contributed by atoms with Crippen LogP contribution in [0.3, 0.4) is 0 Å². The van der Waals surface area contributed by atoms with Crippen molar-refractivity contribution >= 4 is 34.0 Å². The third-order valence-electron chi connectivity index (χ3n) is 2.60. The van der Waals surface area contributed by atoms with E-state index in [1.165, 1.54) is 6.07 Å². The molecule has 20 heavy (non-hydrogen) atoms. The van der Waals surface area contributed by atoms with Crippen molar-refractivity contribution in [2.24, 2.45) is 0 Å². The number of rotatable bonds is 3. The summed E-state index contributed by atoms with van der Waals surface area (Å²) in [4.78, 5) is 12.6. The van der Waals surface area contributed by atoms with Crippen molar-refractivity contribution in [3.05, 3.63) is 58.9 Å². The highest BCUT2D eigenvalue weighted by Crippen LogP contribution is 2.20. The molecule has 0 unspecified atom stereocenters. The Labute approximate surface area is 123 Å². The average molecular weight is 312 g/mol. The molecule has 0 aliphatic carbocycles. The summed E-state index contributed by atoms with van der Waals surface area (Å²) in [7, 11) is -1.13. The lowest BCUT2D eigenvalue weighted by molar-refractivity contribution is 0.102. The van der Waals surface area contributed by atoms with E-state index in [1.807, 2.05) is 0 Å². The van der Waals surface area contributed by atoms with Crippen LogP contribution in [0.4, 0.5) is 10.1 Å². The monoisotopic (exact) mass is 311 g/mol. The number of halogens is 2. The molecule has 2 aromatic carbocycles. The van der Waals surface area contributed by atoms with Crippen molar-refractivity contribution in [1.82, 2.24) is 0 Å². The highest BCUT2D eigenvalue weighted by molar-refractivity contribution is 7.84. The highest BCUT2D eigenvalue weighted by atomic mass is 35.5. The zero-order chi connectivity index (χ0) is 14.7. The predicted molar refractivity (Wildman–Crippen MR) is 78.1 cm³/mol. The smallest absolute Gasteiger partial charge is 0.257 e. The number of benzene rings is 2. The summed E-state index contributed by atoms with van der Waals surface area (Å²) in [5.74, 6) is -0.955. The van der Waals surface area contributed by atoms with Crippen LogP contribution in [0.2, 0.25) is 5.02 Å². The molecule has 0 radical (unpaired) electrons. The fourth-order valence-corrected chi connectivity index (χ4v) is 2.44. The van der Waals surface area contributed by atoms with Crippen molar-refractivity contribution in [1.29, 1.82) is 0 Å². The quantitative estimate of drug-likeness (QED) is 0.943. The van der Waals surface area contributed by atoms with Gasteiger partial charge in [-0.3, -0.25) is 9.00 Å². The Morgan fingerprint density at radius 3 is 2.65 bits per heavy atom. The van der Waals surface area contributed by atoms with Gasteiger partial charge in [-0.1, -0.05) is 17.7 Å². The lowest BCUT2D eigenvalue weighted by atomic mass is 10.2. The standard InChI is InChI=1S/C14H11ClFNO2S/c1-20(19)11-4-2-3-10(8-11)17-14(18)12-6-5-9(16)7-13(12)15/h2-8H,1H3,(H,17,18)/t20-/m1/s1. The highest BCUT2D eigenvalue weighted by Gasteiger charge is 2.11.